The van der Waals surface area contributed by atoms with E-state index in [0.29, 0.717) is 0 Å². The molecule has 0 saturated heterocycles. The van der Waals surface area contributed by atoms with E-state index in [1.54, 1.807) is 17.9 Å². The number of rotatable bonds is 2. The number of hydrogen-bond acceptors (Lipinski definition) is 3. The molecule has 0 radical (unpaired) electrons. The number of benzene rings is 3. The third-order valence-corrected chi connectivity index (χ3v) is 5.43. The average molecular weight is 412 g/mol. The minimum absolute atomic E-state index is 0.392. The average Bonchev–Trinajstić information content (AvgIpc) is 3.33. The lowest BCUT2D eigenvalue weighted by atomic mass is 9.99. The van der Waals surface area contributed by atoms with Crippen LogP contribution in [-0.2, 0) is 4.74 Å². The number of carbonyl (C=O) groups is 1. The first-order valence-corrected chi connectivity index (χ1v) is 10.3. The van der Waals surface area contributed by atoms with Gasteiger partial charge in [-0.3, -0.25) is 4.57 Å². The van der Waals surface area contributed by atoms with Gasteiger partial charge in [-0.15, -0.1) is 0 Å². The summed E-state index contributed by atoms with van der Waals surface area (Å²) in [6, 6.07) is 20.2. The lowest BCUT2D eigenvalue weighted by Crippen LogP contribution is -2.26. The number of nitrogens with zero attached hydrogens (tertiary/aromatic N) is 1. The van der Waals surface area contributed by atoms with Crippen molar-refractivity contribution in [2.45, 2.75) is 26.4 Å². The summed E-state index contributed by atoms with van der Waals surface area (Å²) in [6.45, 7) is 5.62. The van der Waals surface area contributed by atoms with Gasteiger partial charge in [-0.05, 0) is 56.7 Å². The summed E-state index contributed by atoms with van der Waals surface area (Å²) in [5, 5.41) is 3.24. The van der Waals surface area contributed by atoms with Crippen molar-refractivity contribution in [2.24, 2.45) is 0 Å². The second kappa shape index (κ2) is 6.91. The zero-order valence-electron chi connectivity index (χ0n) is 18.0. The molecule has 0 unspecified atom stereocenters. The van der Waals surface area contributed by atoms with Crippen LogP contribution in [0.2, 0.25) is 0 Å². The summed E-state index contributed by atoms with van der Waals surface area (Å²) in [7, 11) is 1.65. The van der Waals surface area contributed by atoms with Gasteiger partial charge in [0.25, 0.3) is 0 Å². The van der Waals surface area contributed by atoms with Crippen LogP contribution in [0.25, 0.3) is 43.8 Å². The van der Waals surface area contributed by atoms with E-state index in [9.17, 15) is 4.79 Å². The van der Waals surface area contributed by atoms with Crippen LogP contribution in [0.4, 0.5) is 4.79 Å². The monoisotopic (exact) mass is 412 g/mol. The zero-order chi connectivity index (χ0) is 21.8. The van der Waals surface area contributed by atoms with Crippen LogP contribution < -0.4 is 4.74 Å². The van der Waals surface area contributed by atoms with Gasteiger partial charge in [0.2, 0.25) is 0 Å². The molecule has 31 heavy (non-hydrogen) atoms. The van der Waals surface area contributed by atoms with E-state index in [1.807, 2.05) is 63.2 Å². The Morgan fingerprint density at radius 3 is 2.39 bits per heavy atom. The van der Waals surface area contributed by atoms with Crippen molar-refractivity contribution < 1.29 is 14.3 Å². The Morgan fingerprint density at radius 2 is 1.68 bits per heavy atom. The van der Waals surface area contributed by atoms with Crippen molar-refractivity contribution in [3.8, 4) is 16.9 Å². The molecule has 5 rings (SSSR count). The molecule has 5 nitrogen and oxygen atoms in total. The fourth-order valence-corrected chi connectivity index (χ4v) is 4.14. The highest BCUT2D eigenvalue weighted by atomic mass is 16.6. The van der Waals surface area contributed by atoms with E-state index >= 15 is 0 Å². The van der Waals surface area contributed by atoms with Crippen LogP contribution in [0.3, 0.4) is 0 Å². The molecule has 0 aliphatic rings. The first-order chi connectivity index (χ1) is 14.9. The summed E-state index contributed by atoms with van der Waals surface area (Å²) in [5.41, 5.74) is 4.29. The lowest BCUT2D eigenvalue weighted by Gasteiger charge is -2.20. The molecule has 5 aromatic rings. The number of ether oxygens (including phenoxy) is 2. The van der Waals surface area contributed by atoms with Crippen LogP contribution in [-0.4, -0.2) is 28.4 Å². The molecule has 0 fully saturated rings. The van der Waals surface area contributed by atoms with E-state index in [-0.39, 0.29) is 0 Å². The molecule has 0 aliphatic heterocycles. The van der Waals surface area contributed by atoms with Crippen molar-refractivity contribution in [1.29, 1.82) is 0 Å². The first kappa shape index (κ1) is 19.2. The highest BCUT2D eigenvalue weighted by molar-refractivity contribution is 6.23. The lowest BCUT2D eigenvalue weighted by molar-refractivity contribution is 0.0544. The van der Waals surface area contributed by atoms with Crippen molar-refractivity contribution in [1.82, 2.24) is 9.55 Å². The van der Waals surface area contributed by atoms with Crippen molar-refractivity contribution in [3.05, 3.63) is 66.9 Å². The van der Waals surface area contributed by atoms with Crippen molar-refractivity contribution in [2.75, 3.05) is 7.11 Å². The Morgan fingerprint density at radius 1 is 0.935 bits per heavy atom. The Kier molecular flexibility index (Phi) is 4.29. The molecule has 2 heterocycles. The van der Waals surface area contributed by atoms with Gasteiger partial charge in [-0.1, -0.05) is 30.3 Å². The van der Waals surface area contributed by atoms with Gasteiger partial charge in [0.05, 0.1) is 12.6 Å². The molecule has 2 aromatic heterocycles. The van der Waals surface area contributed by atoms with Gasteiger partial charge in [0.15, 0.2) is 0 Å². The third-order valence-electron chi connectivity index (χ3n) is 5.43. The molecular formula is C26H24N2O3. The summed E-state index contributed by atoms with van der Waals surface area (Å²) < 4.78 is 12.6. The first-order valence-electron chi connectivity index (χ1n) is 10.3. The van der Waals surface area contributed by atoms with E-state index in [1.165, 1.54) is 0 Å². The van der Waals surface area contributed by atoms with Gasteiger partial charge < -0.3 is 14.5 Å². The predicted octanol–water partition coefficient (Wildman–Crippen LogP) is 6.73. The summed E-state index contributed by atoms with van der Waals surface area (Å²) in [4.78, 5) is 16.6. The Labute approximate surface area is 180 Å². The topological polar surface area (TPSA) is 56.2 Å². The third kappa shape index (κ3) is 3.22. The minimum Gasteiger partial charge on any atom is -0.497 e. The number of nitrogens with one attached hydrogen (secondary N) is 1. The largest absolute Gasteiger partial charge is 0.497 e. The van der Waals surface area contributed by atoms with E-state index in [2.05, 4.69) is 23.2 Å². The van der Waals surface area contributed by atoms with Crippen LogP contribution >= 0.6 is 0 Å². The molecule has 0 spiro atoms. The summed E-state index contributed by atoms with van der Waals surface area (Å²) in [5.74, 6) is 0.786. The molecule has 5 heteroatoms. The van der Waals surface area contributed by atoms with Gasteiger partial charge in [0.1, 0.15) is 11.4 Å². The number of hydrogen-bond donors (Lipinski definition) is 1. The maximum atomic E-state index is 13.1. The number of H-pyrrole nitrogens is 1. The van der Waals surface area contributed by atoms with Crippen LogP contribution in [0, 0.1) is 0 Å². The molecule has 156 valence electrons. The number of aromatic nitrogens is 2. The Bertz CT molecular complexity index is 1430. The van der Waals surface area contributed by atoms with Crippen LogP contribution in [0.15, 0.2) is 66.9 Å². The van der Waals surface area contributed by atoms with Gasteiger partial charge in [0, 0.05) is 39.0 Å². The number of aromatic amines is 1. The molecule has 0 aliphatic carbocycles. The Balaban J connectivity index is 1.85. The molecule has 0 saturated carbocycles. The van der Waals surface area contributed by atoms with Gasteiger partial charge in [-0.2, -0.15) is 0 Å². The molecule has 0 bridgehead atoms. The van der Waals surface area contributed by atoms with E-state index in [0.717, 1.165) is 49.6 Å². The second-order valence-corrected chi connectivity index (χ2v) is 8.67. The van der Waals surface area contributed by atoms with E-state index in [4.69, 9.17) is 9.47 Å². The number of carbonyl (C=O) groups excluding carboxylic acids is 1. The normalized spacial score (nSPS) is 12.0. The fourth-order valence-electron chi connectivity index (χ4n) is 4.14. The standard InChI is InChI=1S/C26H24N2O3/c1-26(2,3)31-25(29)28-14-13-19-23-18-7-5-6-8-21(18)27-22(23)15-20(24(19)28)16-9-11-17(30-4)12-10-16/h5-15,27H,1-4H3. The smallest absolute Gasteiger partial charge is 0.419 e. The maximum Gasteiger partial charge on any atom is 0.419 e. The SMILES string of the molecule is COc1ccc(-c2cc3[nH]c4ccccc4c3c3ccn(C(=O)OC(C)(C)C)c23)cc1. The summed E-state index contributed by atoms with van der Waals surface area (Å²) >= 11 is 0. The van der Waals surface area contributed by atoms with E-state index < -0.39 is 11.7 Å². The minimum atomic E-state index is -0.584. The molecule has 3 aromatic carbocycles. The highest BCUT2D eigenvalue weighted by Crippen LogP contribution is 2.39. The molecule has 0 atom stereocenters. The predicted molar refractivity (Wildman–Crippen MR) is 125 cm³/mol. The van der Waals surface area contributed by atoms with Crippen LogP contribution in [0.1, 0.15) is 20.8 Å². The molecule has 1 N–H and O–H groups in total. The number of para-hydroxylation sites is 1. The second-order valence-electron chi connectivity index (χ2n) is 8.67. The molecular weight excluding hydrogens is 388 g/mol. The van der Waals surface area contributed by atoms with Crippen molar-refractivity contribution >= 4 is 38.8 Å². The van der Waals surface area contributed by atoms with Crippen LogP contribution in [0.5, 0.6) is 5.75 Å². The van der Waals surface area contributed by atoms with Gasteiger partial charge >= 0.3 is 6.09 Å². The number of fused-ring (bicyclic) bond motifs is 5. The van der Waals surface area contributed by atoms with Gasteiger partial charge in [-0.25, -0.2) is 4.79 Å². The maximum absolute atomic E-state index is 13.1. The fraction of sp³-hybridized carbons (Fsp3) is 0.192. The quantitative estimate of drug-likeness (QED) is 0.349. The molecule has 0 amide bonds. The number of methoxy groups -OCH3 is 1. The zero-order valence-corrected chi connectivity index (χ0v) is 18.0. The van der Waals surface area contributed by atoms with Crippen molar-refractivity contribution in [3.63, 3.8) is 0 Å². The summed E-state index contributed by atoms with van der Waals surface area (Å²) in [6.07, 6.45) is 1.41. The highest BCUT2D eigenvalue weighted by Gasteiger charge is 2.23. The Hall–Kier alpha value is -3.73.